The quantitative estimate of drug-likeness (QED) is 0.344. The molecule has 0 fully saturated rings. The van der Waals surface area contributed by atoms with E-state index in [9.17, 15) is 0 Å². The van der Waals surface area contributed by atoms with Gasteiger partial charge in [0.2, 0.25) is 0 Å². The van der Waals surface area contributed by atoms with Gasteiger partial charge in [-0.15, -0.1) is 0 Å². The molecule has 17 heavy (non-hydrogen) atoms. The van der Waals surface area contributed by atoms with Crippen LogP contribution >= 0.6 is 0 Å². The molecular formula is C16H32Sn. The van der Waals surface area contributed by atoms with Gasteiger partial charge in [0.25, 0.3) is 0 Å². The fraction of sp³-hybridized carbons (Fsp3) is 0.875. The van der Waals surface area contributed by atoms with E-state index in [4.69, 9.17) is 0 Å². The molecule has 0 aromatic carbocycles. The average molecular weight is 343 g/mol. The van der Waals surface area contributed by atoms with Crippen LogP contribution in [0, 0.1) is 11.8 Å². The number of hydrogen-bond donors (Lipinski definition) is 0. The van der Waals surface area contributed by atoms with Crippen LogP contribution in [0.1, 0.15) is 66.2 Å². The first kappa shape index (κ1) is 17.4. The second kappa shape index (κ2) is 11.4. The molecule has 100 valence electrons. The summed E-state index contributed by atoms with van der Waals surface area (Å²) < 4.78 is 6.13. The summed E-state index contributed by atoms with van der Waals surface area (Å²) in [6.45, 7) is 9.02. The van der Waals surface area contributed by atoms with Crippen LogP contribution in [0.5, 0.6) is 0 Å². The fourth-order valence-corrected chi connectivity index (χ4v) is 17.2. The Bertz CT molecular complexity index is 200. The van der Waals surface area contributed by atoms with Gasteiger partial charge in [0.1, 0.15) is 0 Å². The Morgan fingerprint density at radius 3 is 1.47 bits per heavy atom. The monoisotopic (exact) mass is 344 g/mol. The first-order valence-corrected chi connectivity index (χ1v) is 15.7. The summed E-state index contributed by atoms with van der Waals surface area (Å²) >= 11 is -1.86. The van der Waals surface area contributed by atoms with Gasteiger partial charge in [0, 0.05) is 0 Å². The zero-order chi connectivity index (χ0) is 13.0. The summed E-state index contributed by atoms with van der Waals surface area (Å²) in [5, 5.41) is 0. The molecular weight excluding hydrogens is 311 g/mol. The van der Waals surface area contributed by atoms with E-state index < -0.39 is 18.4 Å². The van der Waals surface area contributed by atoms with Gasteiger partial charge in [0.05, 0.1) is 0 Å². The molecule has 0 aliphatic rings. The van der Waals surface area contributed by atoms with E-state index in [1.54, 1.807) is 13.3 Å². The van der Waals surface area contributed by atoms with Gasteiger partial charge in [0.15, 0.2) is 0 Å². The summed E-state index contributed by atoms with van der Waals surface area (Å²) in [7, 11) is 0. The molecule has 0 atom stereocenters. The minimum absolute atomic E-state index is 1.34. The zero-order valence-electron chi connectivity index (χ0n) is 12.6. The maximum atomic E-state index is 3.46. The van der Waals surface area contributed by atoms with Crippen molar-refractivity contribution in [1.29, 1.82) is 0 Å². The summed E-state index contributed by atoms with van der Waals surface area (Å²) in [6.07, 6.45) is 8.52. The maximum absolute atomic E-state index is 3.46. The molecule has 0 spiro atoms. The first-order valence-electron chi connectivity index (χ1n) is 7.64. The number of hydrogen-bond acceptors (Lipinski definition) is 0. The molecule has 0 nitrogen and oxygen atoms in total. The molecule has 0 heterocycles. The molecule has 0 aliphatic carbocycles. The number of rotatable bonds is 10. The summed E-state index contributed by atoms with van der Waals surface area (Å²) in [5.74, 6) is 6.61. The van der Waals surface area contributed by atoms with Gasteiger partial charge < -0.3 is 0 Å². The van der Waals surface area contributed by atoms with Gasteiger partial charge in [-0.05, 0) is 0 Å². The van der Waals surface area contributed by atoms with Gasteiger partial charge >= 0.3 is 114 Å². The molecule has 1 heteroatoms. The topological polar surface area (TPSA) is 0 Å². The van der Waals surface area contributed by atoms with Gasteiger partial charge in [-0.3, -0.25) is 0 Å². The zero-order valence-corrected chi connectivity index (χ0v) is 15.4. The predicted octanol–water partition coefficient (Wildman–Crippen LogP) is 5.86. The molecule has 0 amide bonds. The van der Waals surface area contributed by atoms with Crippen molar-refractivity contribution >= 4 is 18.4 Å². The minimum atomic E-state index is -1.86. The second-order valence-corrected chi connectivity index (χ2v) is 19.3. The van der Waals surface area contributed by atoms with Gasteiger partial charge in [-0.1, -0.05) is 0 Å². The van der Waals surface area contributed by atoms with Crippen molar-refractivity contribution in [1.82, 2.24) is 0 Å². The molecule has 0 unspecified atom stereocenters. The van der Waals surface area contributed by atoms with Crippen LogP contribution < -0.4 is 0 Å². The van der Waals surface area contributed by atoms with Crippen molar-refractivity contribution < 1.29 is 0 Å². The van der Waals surface area contributed by atoms with E-state index >= 15 is 0 Å². The predicted molar refractivity (Wildman–Crippen MR) is 83.2 cm³/mol. The van der Waals surface area contributed by atoms with Crippen molar-refractivity contribution in [3.63, 3.8) is 0 Å². The standard InChI is InChI=1S/3C4H9.C4H5.Sn/c4*1-3-4-2;/h3*1,3-4H2,2H3;1H2,2H3;. The van der Waals surface area contributed by atoms with Crippen LogP contribution in [0.15, 0.2) is 0 Å². The van der Waals surface area contributed by atoms with Crippen LogP contribution in [0.3, 0.4) is 0 Å². The van der Waals surface area contributed by atoms with E-state index in [-0.39, 0.29) is 0 Å². The Balaban J connectivity index is 4.54. The Morgan fingerprint density at radius 1 is 0.765 bits per heavy atom. The molecule has 0 aromatic heterocycles. The molecule has 0 N–H and O–H groups in total. The van der Waals surface area contributed by atoms with E-state index in [1.807, 2.05) is 6.92 Å². The molecule has 0 bridgehead atoms. The Morgan fingerprint density at radius 2 is 1.18 bits per heavy atom. The van der Waals surface area contributed by atoms with Crippen LogP contribution in [0.4, 0.5) is 0 Å². The van der Waals surface area contributed by atoms with Crippen LogP contribution in [-0.2, 0) is 0 Å². The number of unbranched alkanes of at least 4 members (excludes halogenated alkanes) is 3. The average Bonchev–Trinajstić information content (AvgIpc) is 2.37. The van der Waals surface area contributed by atoms with E-state index in [0.717, 1.165) is 0 Å². The summed E-state index contributed by atoms with van der Waals surface area (Å²) in [4.78, 5) is 0. The molecule has 0 aliphatic heterocycles. The summed E-state index contributed by atoms with van der Waals surface area (Å²) in [5.41, 5.74) is 0. The van der Waals surface area contributed by atoms with Crippen molar-refractivity contribution in [2.24, 2.45) is 0 Å². The molecule has 0 aromatic rings. The normalized spacial score (nSPS) is 11.1. The SMILES string of the molecule is CC#C[CH2][Sn]([CH2]CCC)([CH2]CCC)[CH2]CCC. The van der Waals surface area contributed by atoms with Crippen molar-refractivity contribution in [3.8, 4) is 11.8 Å². The third-order valence-electron chi connectivity index (χ3n) is 3.82. The van der Waals surface area contributed by atoms with Gasteiger partial charge in [-0.2, -0.15) is 0 Å². The molecule has 0 saturated carbocycles. The van der Waals surface area contributed by atoms with E-state index in [0.29, 0.717) is 0 Å². The van der Waals surface area contributed by atoms with Crippen LogP contribution in [0.2, 0.25) is 17.7 Å². The molecule has 0 radical (unpaired) electrons. The third kappa shape index (κ3) is 8.14. The fourth-order valence-electron chi connectivity index (χ4n) is 2.57. The van der Waals surface area contributed by atoms with E-state index in [2.05, 4.69) is 32.6 Å². The third-order valence-corrected chi connectivity index (χ3v) is 18.6. The van der Waals surface area contributed by atoms with Crippen LogP contribution in [-0.4, -0.2) is 18.4 Å². The van der Waals surface area contributed by atoms with Crippen molar-refractivity contribution in [2.75, 3.05) is 0 Å². The molecule has 0 rings (SSSR count). The van der Waals surface area contributed by atoms with Gasteiger partial charge in [-0.25, -0.2) is 0 Å². The van der Waals surface area contributed by atoms with Crippen molar-refractivity contribution in [2.45, 2.75) is 84.0 Å². The Kier molecular flexibility index (Phi) is 11.7. The van der Waals surface area contributed by atoms with E-state index in [1.165, 1.54) is 43.0 Å². The summed E-state index contributed by atoms with van der Waals surface area (Å²) in [6, 6.07) is 0. The molecule has 0 saturated heterocycles. The van der Waals surface area contributed by atoms with Crippen LogP contribution in [0.25, 0.3) is 0 Å². The first-order chi connectivity index (χ1) is 8.24. The Labute approximate surface area is 114 Å². The second-order valence-electron chi connectivity index (χ2n) is 5.41. The van der Waals surface area contributed by atoms with Crippen molar-refractivity contribution in [3.05, 3.63) is 0 Å². The Hall–Kier alpha value is 0.359.